The van der Waals surface area contributed by atoms with Gasteiger partial charge >= 0.3 is 0 Å². The number of thioether (sulfide) groups is 1. The summed E-state index contributed by atoms with van der Waals surface area (Å²) in [6.07, 6.45) is 0. The minimum atomic E-state index is -3.82. The first-order valence-electron chi connectivity index (χ1n) is 8.82. The second-order valence-electron chi connectivity index (χ2n) is 6.30. The molecule has 0 heterocycles. The number of anilines is 2. The molecule has 0 radical (unpaired) electrons. The molecule has 3 rings (SSSR count). The Hall–Kier alpha value is -2.55. The molecule has 0 atom stereocenters. The molecule has 0 aliphatic rings. The smallest absolute Gasteiger partial charge is 0.261 e. The van der Waals surface area contributed by atoms with Crippen LogP contribution in [-0.4, -0.2) is 20.1 Å². The summed E-state index contributed by atoms with van der Waals surface area (Å²) in [6.45, 7) is 0. The maximum absolute atomic E-state index is 13.0. The number of carbonyl (C=O) groups excluding carboxylic acids is 1. The average Bonchev–Trinajstić information content (AvgIpc) is 2.71. The van der Waals surface area contributed by atoms with Gasteiger partial charge in [0.2, 0.25) is 5.91 Å². The van der Waals surface area contributed by atoms with Crippen LogP contribution in [0.4, 0.5) is 15.8 Å². The van der Waals surface area contributed by atoms with E-state index in [0.29, 0.717) is 16.5 Å². The molecule has 0 aromatic heterocycles. The molecule has 9 heteroatoms. The molecule has 156 valence electrons. The van der Waals surface area contributed by atoms with Gasteiger partial charge in [-0.05, 0) is 66.2 Å². The van der Waals surface area contributed by atoms with E-state index in [1.807, 2.05) is 12.1 Å². The quantitative estimate of drug-likeness (QED) is 0.483. The van der Waals surface area contributed by atoms with E-state index in [-0.39, 0.29) is 22.2 Å². The summed E-state index contributed by atoms with van der Waals surface area (Å²) in [7, 11) is -3.82. The zero-order valence-electron chi connectivity index (χ0n) is 15.6. The van der Waals surface area contributed by atoms with E-state index in [1.165, 1.54) is 60.3 Å². The van der Waals surface area contributed by atoms with Gasteiger partial charge in [-0.1, -0.05) is 23.7 Å². The molecule has 0 fully saturated rings. The van der Waals surface area contributed by atoms with Gasteiger partial charge in [0.05, 0.1) is 10.6 Å². The largest absolute Gasteiger partial charge is 0.325 e. The Labute approximate surface area is 183 Å². The fraction of sp³-hybridized carbons (Fsp3) is 0.0952. The van der Waals surface area contributed by atoms with Gasteiger partial charge in [-0.2, -0.15) is 0 Å². The zero-order chi connectivity index (χ0) is 21.6. The Morgan fingerprint density at radius 2 is 1.50 bits per heavy atom. The Kier molecular flexibility index (Phi) is 7.36. The molecule has 0 aliphatic heterocycles. The topological polar surface area (TPSA) is 75.3 Å². The summed E-state index contributed by atoms with van der Waals surface area (Å²) >= 11 is 7.31. The van der Waals surface area contributed by atoms with Crippen molar-refractivity contribution in [3.05, 3.63) is 89.2 Å². The van der Waals surface area contributed by atoms with Crippen molar-refractivity contribution < 1.29 is 17.6 Å². The number of amides is 1. The fourth-order valence-electron chi connectivity index (χ4n) is 2.49. The van der Waals surface area contributed by atoms with Crippen LogP contribution in [0, 0.1) is 5.82 Å². The number of hydrogen-bond acceptors (Lipinski definition) is 4. The number of benzene rings is 3. The fourth-order valence-corrected chi connectivity index (χ4v) is 4.46. The molecule has 3 aromatic carbocycles. The van der Waals surface area contributed by atoms with Crippen LogP contribution in [0.5, 0.6) is 0 Å². The highest BCUT2D eigenvalue weighted by Gasteiger charge is 2.14. The van der Waals surface area contributed by atoms with Crippen LogP contribution < -0.4 is 10.0 Å². The highest BCUT2D eigenvalue weighted by atomic mass is 35.5. The van der Waals surface area contributed by atoms with Crippen LogP contribution in [0.15, 0.2) is 77.7 Å². The third-order valence-corrected chi connectivity index (χ3v) is 6.61. The van der Waals surface area contributed by atoms with Crippen molar-refractivity contribution in [3.8, 4) is 0 Å². The van der Waals surface area contributed by atoms with Gasteiger partial charge in [0, 0.05) is 22.2 Å². The minimum Gasteiger partial charge on any atom is -0.325 e. The number of hydrogen-bond donors (Lipinski definition) is 2. The molecule has 30 heavy (non-hydrogen) atoms. The average molecular weight is 465 g/mol. The first kappa shape index (κ1) is 22.1. The normalized spacial score (nSPS) is 11.1. The van der Waals surface area contributed by atoms with Crippen molar-refractivity contribution in [3.63, 3.8) is 0 Å². The van der Waals surface area contributed by atoms with Crippen LogP contribution >= 0.6 is 23.4 Å². The predicted molar refractivity (Wildman–Crippen MR) is 120 cm³/mol. The summed E-state index contributed by atoms with van der Waals surface area (Å²) in [6, 6.07) is 18.2. The van der Waals surface area contributed by atoms with Gasteiger partial charge in [0.25, 0.3) is 10.0 Å². The summed E-state index contributed by atoms with van der Waals surface area (Å²) in [5.41, 5.74) is 1.82. The van der Waals surface area contributed by atoms with Crippen LogP contribution in [0.3, 0.4) is 0 Å². The Morgan fingerprint density at radius 3 is 2.13 bits per heavy atom. The van der Waals surface area contributed by atoms with E-state index in [2.05, 4.69) is 10.0 Å². The molecule has 0 unspecified atom stereocenters. The third-order valence-electron chi connectivity index (χ3n) is 3.96. The van der Waals surface area contributed by atoms with Gasteiger partial charge in [0.1, 0.15) is 5.82 Å². The molecular weight excluding hydrogens is 447 g/mol. The van der Waals surface area contributed by atoms with Crippen LogP contribution in [0.1, 0.15) is 5.56 Å². The summed E-state index contributed by atoms with van der Waals surface area (Å²) in [5.74, 6) is 0.296. The van der Waals surface area contributed by atoms with Gasteiger partial charge < -0.3 is 5.32 Å². The van der Waals surface area contributed by atoms with Crippen molar-refractivity contribution in [1.82, 2.24) is 0 Å². The van der Waals surface area contributed by atoms with E-state index in [1.54, 1.807) is 12.1 Å². The van der Waals surface area contributed by atoms with Crippen molar-refractivity contribution in [2.75, 3.05) is 15.8 Å². The van der Waals surface area contributed by atoms with Gasteiger partial charge in [0.15, 0.2) is 0 Å². The van der Waals surface area contributed by atoms with Gasteiger partial charge in [-0.15, -0.1) is 11.8 Å². The molecule has 2 N–H and O–H groups in total. The Morgan fingerprint density at radius 1 is 0.900 bits per heavy atom. The molecule has 3 aromatic rings. The van der Waals surface area contributed by atoms with Crippen LogP contribution in [0.2, 0.25) is 5.02 Å². The molecule has 0 saturated heterocycles. The first-order chi connectivity index (χ1) is 14.3. The van der Waals surface area contributed by atoms with E-state index < -0.39 is 15.8 Å². The second kappa shape index (κ2) is 9.97. The number of nitrogens with one attached hydrogen (secondary N) is 2. The van der Waals surface area contributed by atoms with Gasteiger partial charge in [-0.3, -0.25) is 9.52 Å². The highest BCUT2D eigenvalue weighted by Crippen LogP contribution is 2.19. The van der Waals surface area contributed by atoms with Crippen molar-refractivity contribution >= 4 is 50.7 Å². The molecule has 5 nitrogen and oxygen atoms in total. The molecule has 0 aliphatic carbocycles. The SMILES string of the molecule is O=C(CSCc1ccc(Cl)cc1)Nc1ccc(S(=O)(=O)Nc2ccc(F)cc2)cc1. The maximum atomic E-state index is 13.0. The van der Waals surface area contributed by atoms with Crippen molar-refractivity contribution in [2.45, 2.75) is 10.6 Å². The number of rotatable bonds is 8. The third kappa shape index (κ3) is 6.48. The van der Waals surface area contributed by atoms with E-state index in [4.69, 9.17) is 11.6 Å². The maximum Gasteiger partial charge on any atom is 0.261 e. The van der Waals surface area contributed by atoms with Crippen molar-refractivity contribution in [1.29, 1.82) is 0 Å². The first-order valence-corrected chi connectivity index (χ1v) is 11.8. The molecule has 0 saturated carbocycles. The standard InChI is InChI=1S/C21H18ClFN2O3S2/c22-16-3-1-15(2-4-16)13-29-14-21(26)24-18-9-11-20(12-10-18)30(27,28)25-19-7-5-17(23)6-8-19/h1-12,25H,13-14H2,(H,24,26). The summed E-state index contributed by atoms with van der Waals surface area (Å²) < 4.78 is 40.2. The van der Waals surface area contributed by atoms with Crippen LogP contribution in [0.25, 0.3) is 0 Å². The lowest BCUT2D eigenvalue weighted by Crippen LogP contribution is -2.15. The Bertz CT molecular complexity index is 1100. The predicted octanol–water partition coefficient (Wildman–Crippen LogP) is 5.15. The number of sulfonamides is 1. The Balaban J connectivity index is 1.52. The lowest BCUT2D eigenvalue weighted by Gasteiger charge is -2.09. The van der Waals surface area contributed by atoms with E-state index in [0.717, 1.165) is 5.56 Å². The van der Waals surface area contributed by atoms with Crippen molar-refractivity contribution in [2.24, 2.45) is 0 Å². The zero-order valence-corrected chi connectivity index (χ0v) is 18.0. The lowest BCUT2D eigenvalue weighted by atomic mass is 10.2. The summed E-state index contributed by atoms with van der Waals surface area (Å²) in [4.78, 5) is 12.1. The molecular formula is C21H18ClFN2O3S2. The molecule has 0 spiro atoms. The summed E-state index contributed by atoms with van der Waals surface area (Å²) in [5, 5.41) is 3.40. The van der Waals surface area contributed by atoms with Gasteiger partial charge in [-0.25, -0.2) is 12.8 Å². The number of halogens is 2. The second-order valence-corrected chi connectivity index (χ2v) is 9.41. The van der Waals surface area contributed by atoms with E-state index >= 15 is 0 Å². The monoisotopic (exact) mass is 464 g/mol. The number of carbonyl (C=O) groups is 1. The molecule has 0 bridgehead atoms. The molecule has 1 amide bonds. The minimum absolute atomic E-state index is 0.0296. The van der Waals surface area contributed by atoms with Crippen LogP contribution in [-0.2, 0) is 20.6 Å². The lowest BCUT2D eigenvalue weighted by molar-refractivity contribution is -0.113. The highest BCUT2D eigenvalue weighted by molar-refractivity contribution is 7.99. The van der Waals surface area contributed by atoms with E-state index in [9.17, 15) is 17.6 Å².